The maximum absolute atomic E-state index is 13.0. The zero-order valence-electron chi connectivity index (χ0n) is 16.8. The quantitative estimate of drug-likeness (QED) is 0.372. The van der Waals surface area contributed by atoms with Gasteiger partial charge in [-0.1, -0.05) is 37.3 Å². The molecule has 3 aromatic rings. The summed E-state index contributed by atoms with van der Waals surface area (Å²) in [6.07, 6.45) is -0.515. The van der Waals surface area contributed by atoms with Crippen molar-refractivity contribution in [2.75, 3.05) is 5.32 Å². The molecule has 8 heteroatoms. The summed E-state index contributed by atoms with van der Waals surface area (Å²) in [7, 11) is 0. The molecule has 0 bridgehead atoms. The summed E-state index contributed by atoms with van der Waals surface area (Å²) in [6.45, 7) is 5.16. The lowest BCUT2D eigenvalue weighted by molar-refractivity contribution is -0.383. The van der Waals surface area contributed by atoms with Crippen molar-refractivity contribution < 1.29 is 19.2 Å². The number of fused-ring (bicyclic) bond motifs is 1. The second-order valence-electron chi connectivity index (χ2n) is 6.74. The smallest absolute Gasteiger partial charge is 0.339 e. The van der Waals surface area contributed by atoms with Crippen molar-refractivity contribution in [3.8, 4) is 0 Å². The minimum absolute atomic E-state index is 0.0363. The van der Waals surface area contributed by atoms with Crippen LogP contribution in [-0.2, 0) is 16.0 Å². The number of nitrogens with zero attached hydrogens (tertiary/aromatic N) is 2. The highest BCUT2D eigenvalue weighted by Gasteiger charge is 2.25. The maximum Gasteiger partial charge on any atom is 0.339 e. The van der Waals surface area contributed by atoms with Crippen molar-refractivity contribution in [2.24, 2.45) is 0 Å². The number of nitrogens with one attached hydrogen (secondary N) is 1. The molecular weight excluding hydrogens is 386 g/mol. The summed E-state index contributed by atoms with van der Waals surface area (Å²) in [4.78, 5) is 40.6. The Morgan fingerprint density at radius 1 is 1.17 bits per heavy atom. The number of para-hydroxylation sites is 3. The van der Waals surface area contributed by atoms with Crippen molar-refractivity contribution in [2.45, 2.75) is 33.3 Å². The van der Waals surface area contributed by atoms with Gasteiger partial charge in [0, 0.05) is 17.1 Å². The SMILES string of the molecule is CCc1nc2ccccc2c(C(=O)O[C@H](C)C(=O)Nc2ccccc2[N+](=O)[O-])c1C. The number of hydrogen-bond donors (Lipinski definition) is 1. The van der Waals surface area contributed by atoms with Gasteiger partial charge in [-0.25, -0.2) is 4.79 Å². The van der Waals surface area contributed by atoms with Crippen LogP contribution in [0.25, 0.3) is 10.9 Å². The van der Waals surface area contributed by atoms with Gasteiger partial charge in [0.2, 0.25) is 0 Å². The fourth-order valence-corrected chi connectivity index (χ4v) is 3.21. The average Bonchev–Trinajstić information content (AvgIpc) is 2.73. The molecular formula is C22H21N3O5. The van der Waals surface area contributed by atoms with Crippen LogP contribution in [0, 0.1) is 17.0 Å². The molecule has 1 N–H and O–H groups in total. The third-order valence-electron chi connectivity index (χ3n) is 4.79. The molecule has 0 saturated heterocycles. The van der Waals surface area contributed by atoms with Gasteiger partial charge in [-0.05, 0) is 38.0 Å². The summed E-state index contributed by atoms with van der Waals surface area (Å²) >= 11 is 0. The molecule has 1 amide bonds. The second-order valence-corrected chi connectivity index (χ2v) is 6.74. The molecule has 30 heavy (non-hydrogen) atoms. The Bertz CT molecular complexity index is 1140. The van der Waals surface area contributed by atoms with Crippen molar-refractivity contribution in [3.05, 3.63) is 75.5 Å². The molecule has 0 unspecified atom stereocenters. The predicted octanol–water partition coefficient (Wildman–Crippen LogP) is 4.20. The van der Waals surface area contributed by atoms with Crippen LogP contribution in [0.3, 0.4) is 0 Å². The van der Waals surface area contributed by atoms with Gasteiger partial charge in [0.1, 0.15) is 5.69 Å². The van der Waals surface area contributed by atoms with E-state index in [0.29, 0.717) is 28.5 Å². The van der Waals surface area contributed by atoms with E-state index in [1.165, 1.54) is 25.1 Å². The number of anilines is 1. The molecule has 0 aliphatic rings. The monoisotopic (exact) mass is 407 g/mol. The van der Waals surface area contributed by atoms with Crippen molar-refractivity contribution >= 4 is 34.2 Å². The Morgan fingerprint density at radius 2 is 1.83 bits per heavy atom. The Hall–Kier alpha value is -3.81. The Labute approximate surface area is 173 Å². The number of carbonyl (C=O) groups excluding carboxylic acids is 2. The Kier molecular flexibility index (Phi) is 6.06. The predicted molar refractivity (Wildman–Crippen MR) is 112 cm³/mol. The van der Waals surface area contributed by atoms with Gasteiger partial charge in [-0.3, -0.25) is 19.9 Å². The van der Waals surface area contributed by atoms with Gasteiger partial charge in [0.15, 0.2) is 6.10 Å². The third kappa shape index (κ3) is 4.12. The summed E-state index contributed by atoms with van der Waals surface area (Å²) in [5, 5.41) is 14.2. The number of nitro groups is 1. The van der Waals surface area contributed by atoms with Crippen molar-refractivity contribution in [3.63, 3.8) is 0 Å². The van der Waals surface area contributed by atoms with Crippen LogP contribution in [-0.4, -0.2) is 27.9 Å². The van der Waals surface area contributed by atoms with Gasteiger partial charge < -0.3 is 10.1 Å². The summed E-state index contributed by atoms with van der Waals surface area (Å²) in [6, 6.07) is 13.0. The van der Waals surface area contributed by atoms with Crippen LogP contribution in [0.2, 0.25) is 0 Å². The van der Waals surface area contributed by atoms with E-state index < -0.39 is 22.9 Å². The first-order valence-electron chi connectivity index (χ1n) is 9.47. The highest BCUT2D eigenvalue weighted by Crippen LogP contribution is 2.26. The fourth-order valence-electron chi connectivity index (χ4n) is 3.21. The molecule has 0 radical (unpaired) electrons. The molecule has 0 fully saturated rings. The highest BCUT2D eigenvalue weighted by atomic mass is 16.6. The topological polar surface area (TPSA) is 111 Å². The fraction of sp³-hybridized carbons (Fsp3) is 0.227. The van der Waals surface area contributed by atoms with E-state index in [9.17, 15) is 19.7 Å². The number of aryl methyl sites for hydroxylation is 1. The van der Waals surface area contributed by atoms with Crippen LogP contribution in [0.15, 0.2) is 48.5 Å². The number of rotatable bonds is 6. The average molecular weight is 407 g/mol. The van der Waals surface area contributed by atoms with Gasteiger partial charge in [0.25, 0.3) is 11.6 Å². The van der Waals surface area contributed by atoms with E-state index in [0.717, 1.165) is 5.69 Å². The molecule has 1 heterocycles. The van der Waals surface area contributed by atoms with E-state index in [4.69, 9.17) is 4.74 Å². The Morgan fingerprint density at radius 3 is 2.53 bits per heavy atom. The van der Waals surface area contributed by atoms with Gasteiger partial charge in [-0.2, -0.15) is 0 Å². The van der Waals surface area contributed by atoms with Crippen LogP contribution < -0.4 is 5.32 Å². The third-order valence-corrected chi connectivity index (χ3v) is 4.79. The molecule has 3 rings (SSSR count). The molecule has 8 nitrogen and oxygen atoms in total. The van der Waals surface area contributed by atoms with Gasteiger partial charge in [-0.15, -0.1) is 0 Å². The zero-order valence-corrected chi connectivity index (χ0v) is 16.8. The van der Waals surface area contributed by atoms with Crippen LogP contribution >= 0.6 is 0 Å². The summed E-state index contributed by atoms with van der Waals surface area (Å²) in [5.74, 6) is -1.31. The second kappa shape index (κ2) is 8.69. The van der Waals surface area contributed by atoms with Crippen LogP contribution in [0.1, 0.15) is 35.5 Å². The molecule has 154 valence electrons. The number of hydrogen-bond acceptors (Lipinski definition) is 6. The summed E-state index contributed by atoms with van der Waals surface area (Å²) < 4.78 is 5.41. The number of ether oxygens (including phenoxy) is 1. The number of pyridine rings is 1. The molecule has 2 aromatic carbocycles. The van der Waals surface area contributed by atoms with E-state index >= 15 is 0 Å². The molecule has 0 aliphatic carbocycles. The van der Waals surface area contributed by atoms with Crippen molar-refractivity contribution in [1.29, 1.82) is 0 Å². The lowest BCUT2D eigenvalue weighted by Crippen LogP contribution is -2.30. The van der Waals surface area contributed by atoms with Crippen LogP contribution in [0.4, 0.5) is 11.4 Å². The first kappa shape index (κ1) is 20.9. The largest absolute Gasteiger partial charge is 0.449 e. The number of carbonyl (C=O) groups is 2. The first-order valence-corrected chi connectivity index (χ1v) is 9.47. The van der Waals surface area contributed by atoms with Crippen LogP contribution in [0.5, 0.6) is 0 Å². The standard InChI is InChI=1S/C22H21N3O5/c1-4-16-13(2)20(15-9-5-6-10-17(15)23-16)22(27)30-14(3)21(26)24-18-11-7-8-12-19(18)25(28)29/h5-12,14H,4H2,1-3H3,(H,24,26)/t14-/m1/s1. The van der Waals surface area contributed by atoms with Gasteiger partial charge >= 0.3 is 5.97 Å². The highest BCUT2D eigenvalue weighted by molar-refractivity contribution is 6.06. The van der Waals surface area contributed by atoms with E-state index in [1.807, 2.05) is 19.1 Å². The minimum atomic E-state index is -1.16. The zero-order chi connectivity index (χ0) is 21.8. The number of nitro benzene ring substituents is 1. The number of esters is 1. The van der Waals surface area contributed by atoms with Crippen molar-refractivity contribution in [1.82, 2.24) is 4.98 Å². The van der Waals surface area contributed by atoms with E-state index in [1.54, 1.807) is 25.1 Å². The molecule has 1 atom stereocenters. The normalized spacial score (nSPS) is 11.7. The first-order chi connectivity index (χ1) is 14.3. The number of benzene rings is 2. The molecule has 0 aliphatic heterocycles. The minimum Gasteiger partial charge on any atom is -0.449 e. The molecule has 0 saturated carbocycles. The van der Waals surface area contributed by atoms with E-state index in [2.05, 4.69) is 10.3 Å². The number of aromatic nitrogens is 1. The number of amides is 1. The lowest BCUT2D eigenvalue weighted by atomic mass is 10.0. The van der Waals surface area contributed by atoms with E-state index in [-0.39, 0.29) is 11.4 Å². The lowest BCUT2D eigenvalue weighted by Gasteiger charge is -2.17. The molecule has 0 spiro atoms. The summed E-state index contributed by atoms with van der Waals surface area (Å²) in [5.41, 5.74) is 2.30. The maximum atomic E-state index is 13.0. The molecule has 1 aromatic heterocycles. The Balaban J connectivity index is 1.85. The van der Waals surface area contributed by atoms with Gasteiger partial charge in [0.05, 0.1) is 16.0 Å².